The maximum Gasteiger partial charge on any atom is 0.270 e. The third kappa shape index (κ3) is 4.75. The molecule has 6 heteroatoms. The molecule has 1 heterocycles. The van der Waals surface area contributed by atoms with Crippen molar-refractivity contribution in [3.63, 3.8) is 0 Å². The molecule has 0 aliphatic carbocycles. The summed E-state index contributed by atoms with van der Waals surface area (Å²) in [7, 11) is 0. The highest BCUT2D eigenvalue weighted by Crippen LogP contribution is 2.36. The molecule has 0 unspecified atom stereocenters. The van der Waals surface area contributed by atoms with Crippen LogP contribution in [0.5, 0.6) is 5.75 Å². The number of ether oxygens (including phenoxy) is 1. The number of nitrogens with zero attached hydrogens (tertiary/aromatic N) is 1. The third-order valence-corrected chi connectivity index (χ3v) is 6.14. The van der Waals surface area contributed by atoms with Crippen molar-refractivity contribution in [1.82, 2.24) is 0 Å². The fourth-order valence-electron chi connectivity index (χ4n) is 2.94. The van der Waals surface area contributed by atoms with Crippen LogP contribution in [0.4, 0.5) is 5.69 Å². The Morgan fingerprint density at radius 3 is 2.33 bits per heavy atom. The van der Waals surface area contributed by atoms with E-state index in [2.05, 4.69) is 31.2 Å². The van der Waals surface area contributed by atoms with Gasteiger partial charge >= 0.3 is 0 Å². The van der Waals surface area contributed by atoms with E-state index in [1.165, 1.54) is 22.2 Å². The second-order valence-electron chi connectivity index (χ2n) is 6.84. The van der Waals surface area contributed by atoms with Gasteiger partial charge in [-0.2, -0.15) is 0 Å². The number of anilines is 1. The van der Waals surface area contributed by atoms with Crippen molar-refractivity contribution in [2.75, 3.05) is 4.90 Å². The largest absolute Gasteiger partial charge is 0.489 e. The number of thiocarbonyl (C=S) groups is 1. The number of hydrogen-bond acceptors (Lipinski definition) is 4. The van der Waals surface area contributed by atoms with Gasteiger partial charge in [-0.05, 0) is 60.5 Å². The van der Waals surface area contributed by atoms with Crippen molar-refractivity contribution in [3.05, 3.63) is 99.4 Å². The molecule has 0 aromatic heterocycles. The van der Waals surface area contributed by atoms with E-state index in [9.17, 15) is 4.79 Å². The third-order valence-electron chi connectivity index (χ3n) is 4.58. The van der Waals surface area contributed by atoms with E-state index in [-0.39, 0.29) is 5.91 Å². The Kier molecular flexibility index (Phi) is 6.23. The van der Waals surface area contributed by atoms with Crippen molar-refractivity contribution in [2.45, 2.75) is 13.5 Å². The average molecular weight is 452 g/mol. The van der Waals surface area contributed by atoms with Gasteiger partial charge in [-0.15, -0.1) is 0 Å². The minimum absolute atomic E-state index is 0.132. The molecule has 150 valence electrons. The maximum atomic E-state index is 12.8. The molecule has 0 radical (unpaired) electrons. The number of hydrogen-bond donors (Lipinski definition) is 0. The van der Waals surface area contributed by atoms with Crippen LogP contribution in [0, 0.1) is 6.92 Å². The van der Waals surface area contributed by atoms with E-state index in [1.807, 2.05) is 30.3 Å². The molecule has 0 bridgehead atoms. The van der Waals surface area contributed by atoms with Crippen LogP contribution < -0.4 is 9.64 Å². The first kappa shape index (κ1) is 20.7. The second-order valence-corrected chi connectivity index (χ2v) is 8.95. The first-order chi connectivity index (χ1) is 14.5. The highest BCUT2D eigenvalue weighted by atomic mass is 35.5. The summed E-state index contributed by atoms with van der Waals surface area (Å²) in [5.74, 6) is 0.647. The van der Waals surface area contributed by atoms with Crippen molar-refractivity contribution in [2.24, 2.45) is 0 Å². The van der Waals surface area contributed by atoms with Gasteiger partial charge in [0.05, 0.1) is 10.6 Å². The molecule has 1 fully saturated rings. The van der Waals surface area contributed by atoms with E-state index in [4.69, 9.17) is 28.6 Å². The van der Waals surface area contributed by atoms with Crippen LogP contribution in [-0.2, 0) is 11.4 Å². The van der Waals surface area contributed by atoms with Crippen molar-refractivity contribution < 1.29 is 9.53 Å². The van der Waals surface area contributed by atoms with Crippen LogP contribution in [0.25, 0.3) is 6.08 Å². The molecule has 1 aliphatic heterocycles. The normalized spacial score (nSPS) is 15.1. The first-order valence-corrected chi connectivity index (χ1v) is 10.9. The molecule has 1 amide bonds. The lowest BCUT2D eigenvalue weighted by atomic mass is 10.1. The minimum atomic E-state index is -0.132. The summed E-state index contributed by atoms with van der Waals surface area (Å²) >= 11 is 12.6. The van der Waals surface area contributed by atoms with Gasteiger partial charge < -0.3 is 4.74 Å². The van der Waals surface area contributed by atoms with Gasteiger partial charge in [0.2, 0.25) is 0 Å². The predicted molar refractivity (Wildman–Crippen MR) is 129 cm³/mol. The lowest BCUT2D eigenvalue weighted by Crippen LogP contribution is -2.27. The average Bonchev–Trinajstić information content (AvgIpc) is 3.02. The number of rotatable bonds is 5. The van der Waals surface area contributed by atoms with E-state index < -0.39 is 0 Å². The van der Waals surface area contributed by atoms with Crippen LogP contribution >= 0.6 is 35.6 Å². The molecule has 1 saturated heterocycles. The fraction of sp³-hybridized carbons (Fsp3) is 0.0833. The molecule has 0 spiro atoms. The highest BCUT2D eigenvalue weighted by Gasteiger charge is 2.33. The molecule has 0 N–H and O–H groups in total. The minimum Gasteiger partial charge on any atom is -0.489 e. The standard InChI is InChI=1S/C24H18ClNO2S2/c1-16-2-4-18(5-3-16)15-28-21-12-6-17(7-13-21)14-22-23(27)26(24(29)30-22)20-10-8-19(25)9-11-20/h2-14H,15H2,1H3/b22-14-. The first-order valence-electron chi connectivity index (χ1n) is 9.31. The monoisotopic (exact) mass is 451 g/mol. The summed E-state index contributed by atoms with van der Waals surface area (Å²) in [6.45, 7) is 2.58. The molecule has 0 saturated carbocycles. The van der Waals surface area contributed by atoms with Crippen LogP contribution in [0.1, 0.15) is 16.7 Å². The zero-order chi connectivity index (χ0) is 21.1. The molecule has 0 atom stereocenters. The van der Waals surface area contributed by atoms with Crippen LogP contribution in [0.3, 0.4) is 0 Å². The zero-order valence-electron chi connectivity index (χ0n) is 16.2. The Hall–Kier alpha value is -2.60. The number of benzene rings is 3. The Morgan fingerprint density at radius 2 is 1.67 bits per heavy atom. The maximum absolute atomic E-state index is 12.8. The summed E-state index contributed by atoms with van der Waals surface area (Å²) in [6, 6.07) is 23.0. The summed E-state index contributed by atoms with van der Waals surface area (Å²) in [5, 5.41) is 0.615. The van der Waals surface area contributed by atoms with E-state index >= 15 is 0 Å². The Balaban J connectivity index is 1.44. The number of aryl methyl sites for hydroxylation is 1. The lowest BCUT2D eigenvalue weighted by Gasteiger charge is -2.14. The topological polar surface area (TPSA) is 29.5 Å². The van der Waals surface area contributed by atoms with Gasteiger partial charge in [0.25, 0.3) is 5.91 Å². The number of halogens is 1. The van der Waals surface area contributed by atoms with Crippen LogP contribution in [-0.4, -0.2) is 10.2 Å². The molecular formula is C24H18ClNO2S2. The molecule has 30 heavy (non-hydrogen) atoms. The highest BCUT2D eigenvalue weighted by molar-refractivity contribution is 8.27. The SMILES string of the molecule is Cc1ccc(COc2ccc(/C=C3\SC(=S)N(c4ccc(Cl)cc4)C3=O)cc2)cc1. The van der Waals surface area contributed by atoms with Gasteiger partial charge in [0.1, 0.15) is 12.4 Å². The quantitative estimate of drug-likeness (QED) is 0.321. The smallest absolute Gasteiger partial charge is 0.270 e. The van der Waals surface area contributed by atoms with Gasteiger partial charge in [0, 0.05) is 5.02 Å². The lowest BCUT2D eigenvalue weighted by molar-refractivity contribution is -0.113. The molecule has 1 aliphatic rings. The Morgan fingerprint density at radius 1 is 1.00 bits per heavy atom. The Labute approximate surface area is 190 Å². The summed E-state index contributed by atoms with van der Waals surface area (Å²) in [4.78, 5) is 15.0. The van der Waals surface area contributed by atoms with Crippen molar-refractivity contribution in [3.8, 4) is 5.75 Å². The summed E-state index contributed by atoms with van der Waals surface area (Å²) < 4.78 is 6.35. The van der Waals surface area contributed by atoms with E-state index in [0.717, 1.165) is 16.9 Å². The van der Waals surface area contributed by atoms with Crippen LogP contribution in [0.15, 0.2) is 77.7 Å². The number of carbonyl (C=O) groups is 1. The van der Waals surface area contributed by atoms with Gasteiger partial charge in [-0.1, -0.05) is 77.5 Å². The predicted octanol–water partition coefficient (Wildman–Crippen LogP) is 6.63. The van der Waals surface area contributed by atoms with E-state index in [1.54, 1.807) is 24.3 Å². The number of amides is 1. The molecule has 3 nitrogen and oxygen atoms in total. The van der Waals surface area contributed by atoms with Crippen molar-refractivity contribution in [1.29, 1.82) is 0 Å². The Bertz CT molecular complexity index is 1110. The summed E-state index contributed by atoms with van der Waals surface area (Å²) in [6.07, 6.45) is 1.85. The van der Waals surface area contributed by atoms with Crippen LogP contribution in [0.2, 0.25) is 5.02 Å². The van der Waals surface area contributed by atoms with Gasteiger partial charge in [-0.3, -0.25) is 9.69 Å². The number of thioether (sulfide) groups is 1. The summed E-state index contributed by atoms with van der Waals surface area (Å²) in [5.41, 5.74) is 3.97. The zero-order valence-corrected chi connectivity index (χ0v) is 18.6. The van der Waals surface area contributed by atoms with Gasteiger partial charge in [-0.25, -0.2) is 0 Å². The van der Waals surface area contributed by atoms with Crippen molar-refractivity contribution >= 4 is 57.6 Å². The fourth-order valence-corrected chi connectivity index (χ4v) is 4.37. The van der Waals surface area contributed by atoms with E-state index in [0.29, 0.717) is 26.5 Å². The molecular weight excluding hydrogens is 434 g/mol. The number of carbonyl (C=O) groups excluding carboxylic acids is 1. The van der Waals surface area contributed by atoms with Gasteiger partial charge in [0.15, 0.2) is 4.32 Å². The molecule has 4 rings (SSSR count). The molecule has 3 aromatic rings. The second kappa shape index (κ2) is 9.04. The molecule has 3 aromatic carbocycles.